The highest BCUT2D eigenvalue weighted by Crippen LogP contribution is 2.42. The van der Waals surface area contributed by atoms with E-state index >= 15 is 0 Å². The van der Waals surface area contributed by atoms with Crippen LogP contribution in [-0.2, 0) is 0 Å². The summed E-state index contributed by atoms with van der Waals surface area (Å²) in [5.41, 5.74) is -4.38. The van der Waals surface area contributed by atoms with Gasteiger partial charge in [0.2, 0.25) is 0 Å². The molecule has 0 saturated carbocycles. The van der Waals surface area contributed by atoms with E-state index in [-0.39, 0.29) is 33.3 Å². The zero-order chi connectivity index (χ0) is 20.7. The number of aliphatic hydroxyl groups is 1. The molecule has 2 N–H and O–H groups in total. The lowest BCUT2D eigenvalue weighted by Crippen LogP contribution is -2.56. The van der Waals surface area contributed by atoms with Gasteiger partial charge in [0, 0.05) is 17.7 Å². The predicted molar refractivity (Wildman–Crippen MR) is 89.5 cm³/mol. The Balaban J connectivity index is 2.03. The number of rotatable bonds is 3. The van der Waals surface area contributed by atoms with Gasteiger partial charge in [-0.05, 0) is 35.9 Å². The van der Waals surface area contributed by atoms with Crippen molar-refractivity contribution < 1.29 is 33.1 Å². The fourth-order valence-corrected chi connectivity index (χ4v) is 2.68. The van der Waals surface area contributed by atoms with E-state index in [2.05, 4.69) is 5.10 Å². The normalized spacial score (nSPS) is 19.4. The van der Waals surface area contributed by atoms with Crippen LogP contribution in [0, 0.1) is 10.1 Å². The number of nitro groups is 1. The SMILES string of the molecule is O=C(c1cccc(O)c1)N1N=C(c2ccc([N+](=O)[O-])cc2)CC1(O)C(F)(F)F. The van der Waals surface area contributed by atoms with E-state index in [0.29, 0.717) is 0 Å². The molecule has 0 radical (unpaired) electrons. The number of hydrogen-bond donors (Lipinski definition) is 2. The fourth-order valence-electron chi connectivity index (χ4n) is 2.68. The molecule has 11 heteroatoms. The third-order valence-electron chi connectivity index (χ3n) is 4.14. The molecule has 0 spiro atoms. The van der Waals surface area contributed by atoms with Gasteiger partial charge in [-0.2, -0.15) is 23.3 Å². The number of benzene rings is 2. The number of hydrogen-bond acceptors (Lipinski definition) is 6. The Morgan fingerprint density at radius 3 is 2.39 bits per heavy atom. The summed E-state index contributed by atoms with van der Waals surface area (Å²) in [5, 5.41) is 34.0. The summed E-state index contributed by atoms with van der Waals surface area (Å²) >= 11 is 0. The maximum Gasteiger partial charge on any atom is 0.438 e. The van der Waals surface area contributed by atoms with Crippen molar-refractivity contribution in [3.63, 3.8) is 0 Å². The molecule has 0 aromatic heterocycles. The second-order valence-corrected chi connectivity index (χ2v) is 6.01. The van der Waals surface area contributed by atoms with E-state index in [1.54, 1.807) is 0 Å². The van der Waals surface area contributed by atoms with Gasteiger partial charge in [-0.3, -0.25) is 14.9 Å². The van der Waals surface area contributed by atoms with E-state index in [9.17, 15) is 38.3 Å². The van der Waals surface area contributed by atoms with Gasteiger partial charge in [-0.1, -0.05) is 6.07 Å². The van der Waals surface area contributed by atoms with Crippen LogP contribution in [0.3, 0.4) is 0 Å². The number of phenols is 1. The average Bonchev–Trinajstić information content (AvgIpc) is 3.00. The lowest BCUT2D eigenvalue weighted by Gasteiger charge is -2.32. The van der Waals surface area contributed by atoms with Gasteiger partial charge >= 0.3 is 6.18 Å². The lowest BCUT2D eigenvalue weighted by molar-refractivity contribution is -0.384. The quantitative estimate of drug-likeness (QED) is 0.612. The number of carbonyl (C=O) groups excluding carboxylic acids is 1. The van der Waals surface area contributed by atoms with Gasteiger partial charge in [-0.15, -0.1) is 0 Å². The van der Waals surface area contributed by atoms with E-state index in [1.807, 2.05) is 0 Å². The number of carbonyl (C=O) groups is 1. The molecule has 28 heavy (non-hydrogen) atoms. The first-order chi connectivity index (χ1) is 13.0. The number of hydrazone groups is 1. The van der Waals surface area contributed by atoms with Crippen molar-refractivity contribution in [2.75, 3.05) is 0 Å². The summed E-state index contributed by atoms with van der Waals surface area (Å²) in [7, 11) is 0. The highest BCUT2D eigenvalue weighted by molar-refractivity contribution is 6.05. The van der Waals surface area contributed by atoms with Gasteiger partial charge in [0.15, 0.2) is 0 Å². The van der Waals surface area contributed by atoms with E-state index in [1.165, 1.54) is 24.3 Å². The van der Waals surface area contributed by atoms with Crippen LogP contribution in [0.4, 0.5) is 18.9 Å². The van der Waals surface area contributed by atoms with Crippen molar-refractivity contribution >= 4 is 17.3 Å². The summed E-state index contributed by atoms with van der Waals surface area (Å²) in [6.45, 7) is 0. The van der Waals surface area contributed by atoms with Crippen LogP contribution >= 0.6 is 0 Å². The molecule has 146 valence electrons. The van der Waals surface area contributed by atoms with Crippen LogP contribution in [0.2, 0.25) is 0 Å². The Kier molecular flexibility index (Phi) is 4.55. The van der Waals surface area contributed by atoms with Crippen LogP contribution in [-0.4, -0.2) is 43.7 Å². The number of phenolic OH excluding ortho intramolecular Hbond substituents is 1. The molecule has 0 saturated heterocycles. The third kappa shape index (κ3) is 3.27. The number of aromatic hydroxyl groups is 1. The third-order valence-corrected chi connectivity index (χ3v) is 4.14. The molecule has 1 unspecified atom stereocenters. The van der Waals surface area contributed by atoms with Crippen molar-refractivity contribution in [3.8, 4) is 5.75 Å². The molecule has 2 aromatic carbocycles. The maximum atomic E-state index is 13.6. The van der Waals surface area contributed by atoms with Gasteiger partial charge in [-0.25, -0.2) is 0 Å². The lowest BCUT2D eigenvalue weighted by atomic mass is 10.0. The maximum absolute atomic E-state index is 13.6. The summed E-state index contributed by atoms with van der Waals surface area (Å²) in [5.74, 6) is -1.62. The predicted octanol–water partition coefficient (Wildman–Crippen LogP) is 2.80. The fraction of sp³-hybridized carbons (Fsp3) is 0.176. The molecule has 0 bridgehead atoms. The second-order valence-electron chi connectivity index (χ2n) is 6.01. The minimum Gasteiger partial charge on any atom is -0.508 e. The first kappa shape index (κ1) is 19.3. The molecular formula is C17H12F3N3O5. The topological polar surface area (TPSA) is 116 Å². The Morgan fingerprint density at radius 2 is 1.86 bits per heavy atom. The summed E-state index contributed by atoms with van der Waals surface area (Å²) in [4.78, 5) is 22.6. The zero-order valence-electron chi connectivity index (χ0n) is 13.9. The molecule has 3 rings (SSSR count). The number of non-ortho nitro benzene ring substituents is 1. The molecule has 0 aliphatic carbocycles. The Bertz CT molecular complexity index is 975. The van der Waals surface area contributed by atoms with E-state index < -0.39 is 29.2 Å². The average molecular weight is 395 g/mol. The number of halogens is 3. The summed E-state index contributed by atoms with van der Waals surface area (Å²) < 4.78 is 40.7. The van der Waals surface area contributed by atoms with E-state index in [0.717, 1.165) is 24.3 Å². The highest BCUT2D eigenvalue weighted by Gasteiger charge is 2.63. The van der Waals surface area contributed by atoms with Gasteiger partial charge in [0.25, 0.3) is 17.3 Å². The van der Waals surface area contributed by atoms with Crippen LogP contribution in [0.25, 0.3) is 0 Å². The van der Waals surface area contributed by atoms with Crippen molar-refractivity contribution in [1.82, 2.24) is 5.01 Å². The number of nitro benzene ring substituents is 1. The largest absolute Gasteiger partial charge is 0.508 e. The minimum atomic E-state index is -5.23. The molecule has 0 fully saturated rings. The van der Waals surface area contributed by atoms with Gasteiger partial charge in [0.05, 0.1) is 17.1 Å². The summed E-state index contributed by atoms with van der Waals surface area (Å²) in [6.07, 6.45) is -6.29. The minimum absolute atomic E-state index is 0.0829. The Labute approximate surface area is 155 Å². The van der Waals surface area contributed by atoms with Gasteiger partial charge in [0.1, 0.15) is 5.75 Å². The Morgan fingerprint density at radius 1 is 1.21 bits per heavy atom. The first-order valence-corrected chi connectivity index (χ1v) is 7.78. The zero-order valence-corrected chi connectivity index (χ0v) is 13.9. The second kappa shape index (κ2) is 6.60. The van der Waals surface area contributed by atoms with Gasteiger partial charge < -0.3 is 10.2 Å². The monoisotopic (exact) mass is 395 g/mol. The van der Waals surface area contributed by atoms with Crippen molar-refractivity contribution in [2.24, 2.45) is 5.10 Å². The molecule has 8 nitrogen and oxygen atoms in total. The van der Waals surface area contributed by atoms with E-state index in [4.69, 9.17) is 0 Å². The molecule has 2 aromatic rings. The molecular weight excluding hydrogens is 383 g/mol. The summed E-state index contributed by atoms with van der Waals surface area (Å²) in [6, 6.07) is 9.09. The van der Waals surface area contributed by atoms with Crippen LogP contribution in [0.5, 0.6) is 5.75 Å². The van der Waals surface area contributed by atoms with Crippen molar-refractivity contribution in [3.05, 3.63) is 69.8 Å². The molecule has 1 amide bonds. The van der Waals surface area contributed by atoms with Crippen LogP contribution in [0.15, 0.2) is 53.6 Å². The number of alkyl halides is 3. The Hall–Kier alpha value is -3.47. The molecule has 1 heterocycles. The van der Waals surface area contributed by atoms with Crippen LogP contribution < -0.4 is 0 Å². The van der Waals surface area contributed by atoms with Crippen molar-refractivity contribution in [2.45, 2.75) is 18.3 Å². The molecule has 1 atom stereocenters. The van der Waals surface area contributed by atoms with Crippen LogP contribution in [0.1, 0.15) is 22.3 Å². The first-order valence-electron chi connectivity index (χ1n) is 7.78. The number of nitrogens with zero attached hydrogens (tertiary/aromatic N) is 3. The molecule has 1 aliphatic rings. The van der Waals surface area contributed by atoms with Crippen molar-refractivity contribution in [1.29, 1.82) is 0 Å². The smallest absolute Gasteiger partial charge is 0.438 e. The number of amides is 1. The standard InChI is InChI=1S/C17H12F3N3O5/c18-17(19,20)16(26)9-14(10-4-6-12(7-5-10)23(27)28)21-22(16)15(25)11-2-1-3-13(24)8-11/h1-8,24,26H,9H2. The highest BCUT2D eigenvalue weighted by atomic mass is 19.4. The molecule has 1 aliphatic heterocycles.